The van der Waals surface area contributed by atoms with E-state index in [4.69, 9.17) is 0 Å². The highest BCUT2D eigenvalue weighted by Crippen LogP contribution is 2.33. The maximum Gasteiger partial charge on any atom is 0.416 e. The molecule has 0 saturated carbocycles. The second-order valence-electron chi connectivity index (χ2n) is 8.83. The van der Waals surface area contributed by atoms with Crippen molar-refractivity contribution in [2.45, 2.75) is 25.3 Å². The van der Waals surface area contributed by atoms with E-state index in [-0.39, 0.29) is 17.8 Å². The molecule has 2 N–H and O–H groups in total. The molecule has 2 heterocycles. The molecule has 12 heteroatoms. The fourth-order valence-corrected chi connectivity index (χ4v) is 4.22. The number of anilines is 3. The Morgan fingerprint density at radius 3 is 2.13 bits per heavy atom. The molecule has 0 unspecified atom stereocenters. The largest absolute Gasteiger partial charge is 0.416 e. The number of urea groups is 1. The minimum Gasteiger partial charge on any atom is -0.355 e. The lowest BCUT2D eigenvalue weighted by molar-refractivity contribution is -0.139. The topological polar surface area (TPSA) is 60.5 Å². The van der Waals surface area contributed by atoms with E-state index in [0.717, 1.165) is 36.8 Å². The van der Waals surface area contributed by atoms with Crippen LogP contribution in [0.15, 0.2) is 66.9 Å². The molecule has 0 atom stereocenters. The van der Waals surface area contributed by atoms with Gasteiger partial charge in [-0.3, -0.25) is 4.90 Å². The zero-order valence-corrected chi connectivity index (χ0v) is 20.1. The summed E-state index contributed by atoms with van der Waals surface area (Å²) in [5, 5.41) is 5.04. The van der Waals surface area contributed by atoms with Crippen LogP contribution < -0.4 is 15.5 Å². The molecule has 6 nitrogen and oxygen atoms in total. The highest BCUT2D eigenvalue weighted by molar-refractivity contribution is 5.99. The molecular weight excluding hydrogens is 512 g/mol. The van der Waals surface area contributed by atoms with E-state index in [9.17, 15) is 31.1 Å². The van der Waals surface area contributed by atoms with Crippen molar-refractivity contribution >= 4 is 23.2 Å². The van der Waals surface area contributed by atoms with Crippen LogP contribution in [0.5, 0.6) is 0 Å². The first kappa shape index (κ1) is 27.2. The monoisotopic (exact) mass is 537 g/mol. The molecule has 1 aliphatic rings. The molecule has 3 aromatic rings. The van der Waals surface area contributed by atoms with E-state index in [2.05, 4.69) is 15.6 Å². The van der Waals surface area contributed by atoms with Crippen molar-refractivity contribution < 1.29 is 31.1 Å². The van der Waals surface area contributed by atoms with E-state index < -0.39 is 29.5 Å². The molecule has 2 amide bonds. The lowest BCUT2D eigenvalue weighted by Gasteiger charge is -2.24. The van der Waals surface area contributed by atoms with Gasteiger partial charge < -0.3 is 15.5 Å². The van der Waals surface area contributed by atoms with Crippen LogP contribution in [0.4, 0.5) is 48.3 Å². The smallest absolute Gasteiger partial charge is 0.355 e. The lowest BCUT2D eigenvalue weighted by atomic mass is 10.1. The molecule has 38 heavy (non-hydrogen) atoms. The van der Waals surface area contributed by atoms with Gasteiger partial charge in [-0.15, -0.1) is 0 Å². The van der Waals surface area contributed by atoms with Gasteiger partial charge in [-0.2, -0.15) is 26.3 Å². The minimum atomic E-state index is -4.46. The molecule has 1 aromatic heterocycles. The number of halogens is 6. The van der Waals surface area contributed by atoms with E-state index in [1.54, 1.807) is 18.2 Å². The van der Waals surface area contributed by atoms with Crippen molar-refractivity contribution in [3.8, 4) is 0 Å². The number of rotatable bonds is 5. The van der Waals surface area contributed by atoms with Gasteiger partial charge in [-0.25, -0.2) is 9.78 Å². The molecule has 4 rings (SSSR count). The normalized spacial score (nSPS) is 15.2. The number of alkyl halides is 6. The summed E-state index contributed by atoms with van der Waals surface area (Å²) in [4.78, 5) is 20.6. The Balaban J connectivity index is 1.30. The number of amides is 2. The molecule has 1 fully saturated rings. The molecule has 0 aliphatic carbocycles. The van der Waals surface area contributed by atoms with Gasteiger partial charge in [0, 0.05) is 38.4 Å². The van der Waals surface area contributed by atoms with Crippen LogP contribution >= 0.6 is 0 Å². The Bertz CT molecular complexity index is 1230. The molecular formula is C26H25F6N5O. The maximum atomic E-state index is 13.3. The third-order valence-corrected chi connectivity index (χ3v) is 6.11. The van der Waals surface area contributed by atoms with Crippen LogP contribution in [0.25, 0.3) is 0 Å². The number of aromatic nitrogens is 1. The molecule has 0 radical (unpaired) electrons. The number of hydrogen-bond acceptors (Lipinski definition) is 4. The van der Waals surface area contributed by atoms with E-state index in [1.807, 2.05) is 9.80 Å². The lowest BCUT2D eigenvalue weighted by Crippen LogP contribution is -2.31. The summed E-state index contributed by atoms with van der Waals surface area (Å²) in [6.45, 7) is 2.65. The molecule has 1 saturated heterocycles. The molecule has 2 aromatic carbocycles. The third-order valence-electron chi connectivity index (χ3n) is 6.11. The number of hydrogen-bond donors (Lipinski definition) is 2. The predicted molar refractivity (Wildman–Crippen MR) is 132 cm³/mol. The van der Waals surface area contributed by atoms with Crippen LogP contribution in [0, 0.1) is 0 Å². The maximum absolute atomic E-state index is 13.3. The Morgan fingerprint density at radius 2 is 1.47 bits per heavy atom. The van der Waals surface area contributed by atoms with Crippen LogP contribution in [0.2, 0.25) is 0 Å². The van der Waals surface area contributed by atoms with Gasteiger partial charge in [0.2, 0.25) is 0 Å². The third kappa shape index (κ3) is 7.15. The fraction of sp³-hybridized carbons (Fsp3) is 0.308. The van der Waals surface area contributed by atoms with Crippen molar-refractivity contribution in [2.24, 2.45) is 0 Å². The number of carbonyl (C=O) groups is 1. The first-order valence-electron chi connectivity index (χ1n) is 11.8. The number of pyridine rings is 1. The first-order valence-corrected chi connectivity index (χ1v) is 11.8. The zero-order chi connectivity index (χ0) is 27.3. The van der Waals surface area contributed by atoms with Crippen LogP contribution in [0.3, 0.4) is 0 Å². The Hall–Kier alpha value is -3.80. The van der Waals surface area contributed by atoms with Gasteiger partial charge in [0.15, 0.2) is 0 Å². The summed E-state index contributed by atoms with van der Waals surface area (Å²) < 4.78 is 78.0. The quantitative estimate of drug-likeness (QED) is 0.366. The minimum absolute atomic E-state index is 0.201. The van der Waals surface area contributed by atoms with E-state index in [1.165, 1.54) is 18.3 Å². The number of nitrogens with one attached hydrogen (secondary N) is 2. The molecule has 0 bridgehead atoms. The van der Waals surface area contributed by atoms with Crippen molar-refractivity contribution in [1.82, 2.24) is 9.88 Å². The average Bonchev–Trinajstić information content (AvgIpc) is 3.09. The van der Waals surface area contributed by atoms with E-state index >= 15 is 0 Å². The van der Waals surface area contributed by atoms with Crippen molar-refractivity contribution in [3.63, 3.8) is 0 Å². The molecule has 202 valence electrons. The van der Waals surface area contributed by atoms with Crippen LogP contribution in [-0.2, 0) is 18.9 Å². The van der Waals surface area contributed by atoms with Gasteiger partial charge in [0.1, 0.15) is 5.82 Å². The standard InChI is InChI=1S/C26H25F6N5O/c27-25(28,29)19-6-8-20(9-7-19)34-24(38)35-21-10-11-23(33-16-21)37-13-3-12-36(14-15-37)17-18-4-1-2-5-22(18)26(30,31)32/h1-2,4-11,16H,3,12-15,17H2,(H2,34,35,38). The predicted octanol–water partition coefficient (Wildman–Crippen LogP) is 6.48. The van der Waals surface area contributed by atoms with Crippen LogP contribution in [-0.4, -0.2) is 42.1 Å². The van der Waals surface area contributed by atoms with Gasteiger partial charge in [0.05, 0.1) is 23.0 Å². The number of benzene rings is 2. The Kier molecular flexibility index (Phi) is 8.10. The second kappa shape index (κ2) is 11.3. The Labute approximate surface area is 215 Å². The highest BCUT2D eigenvalue weighted by atomic mass is 19.4. The molecule has 0 spiro atoms. The average molecular weight is 538 g/mol. The SMILES string of the molecule is O=C(Nc1ccc(C(F)(F)F)cc1)Nc1ccc(N2CCCN(Cc3ccccc3C(F)(F)F)CC2)nc1. The summed E-state index contributed by atoms with van der Waals surface area (Å²) in [6.07, 6.45) is -6.66. The fourth-order valence-electron chi connectivity index (χ4n) is 4.22. The highest BCUT2D eigenvalue weighted by Gasteiger charge is 2.33. The zero-order valence-electron chi connectivity index (χ0n) is 20.1. The van der Waals surface area contributed by atoms with Gasteiger partial charge in [-0.1, -0.05) is 18.2 Å². The van der Waals surface area contributed by atoms with Gasteiger partial charge in [0.25, 0.3) is 0 Å². The summed E-state index contributed by atoms with van der Waals surface area (Å²) in [5.41, 5.74) is -0.596. The van der Waals surface area contributed by atoms with Crippen LogP contribution in [0.1, 0.15) is 23.1 Å². The van der Waals surface area contributed by atoms with Gasteiger partial charge in [-0.05, 0) is 54.4 Å². The van der Waals surface area contributed by atoms with Crippen molar-refractivity contribution in [3.05, 3.63) is 83.6 Å². The van der Waals surface area contributed by atoms with E-state index in [0.29, 0.717) is 37.7 Å². The van der Waals surface area contributed by atoms with Gasteiger partial charge >= 0.3 is 18.4 Å². The summed E-state index contributed by atoms with van der Waals surface area (Å²) in [5.74, 6) is 0.663. The first-order chi connectivity index (χ1) is 18.0. The van der Waals surface area contributed by atoms with Crippen molar-refractivity contribution in [2.75, 3.05) is 41.7 Å². The second-order valence-corrected chi connectivity index (χ2v) is 8.83. The number of carbonyl (C=O) groups excluding carboxylic acids is 1. The Morgan fingerprint density at radius 1 is 0.789 bits per heavy atom. The van der Waals surface area contributed by atoms with Crippen molar-refractivity contribution in [1.29, 1.82) is 0 Å². The molecule has 1 aliphatic heterocycles. The summed E-state index contributed by atoms with van der Waals surface area (Å²) >= 11 is 0. The number of nitrogens with zero attached hydrogens (tertiary/aromatic N) is 3. The summed E-state index contributed by atoms with van der Waals surface area (Å²) in [6, 6.07) is 12.4. The summed E-state index contributed by atoms with van der Waals surface area (Å²) in [7, 11) is 0.